The Morgan fingerprint density at radius 1 is 0.925 bits per heavy atom. The van der Waals surface area contributed by atoms with Gasteiger partial charge in [0.1, 0.15) is 24.2 Å². The van der Waals surface area contributed by atoms with Gasteiger partial charge in [-0.3, -0.25) is 13.9 Å². The number of para-hydroxylation sites is 2. The number of nitrogens with one attached hydrogen (secondary N) is 1. The van der Waals surface area contributed by atoms with E-state index in [1.54, 1.807) is 31.2 Å². The van der Waals surface area contributed by atoms with Gasteiger partial charge in [-0.2, -0.15) is 0 Å². The molecule has 0 aliphatic rings. The van der Waals surface area contributed by atoms with Gasteiger partial charge < -0.3 is 15.0 Å². The van der Waals surface area contributed by atoms with E-state index in [1.165, 1.54) is 29.2 Å². The first kappa shape index (κ1) is 30.6. The van der Waals surface area contributed by atoms with Gasteiger partial charge in [0.05, 0.1) is 18.6 Å². The minimum atomic E-state index is -3.93. The van der Waals surface area contributed by atoms with Crippen molar-refractivity contribution in [2.45, 2.75) is 39.3 Å². The number of anilines is 1. The number of benzene rings is 3. The molecule has 0 unspecified atom stereocenters. The second-order valence-corrected chi connectivity index (χ2v) is 11.2. The summed E-state index contributed by atoms with van der Waals surface area (Å²) in [5.41, 5.74) is 1.64. The Balaban J connectivity index is 2.06. The average molecular weight is 570 g/mol. The third-order valence-electron chi connectivity index (χ3n) is 6.20. The predicted octanol–water partition coefficient (Wildman–Crippen LogP) is 4.16. The number of ether oxygens (including phenoxy) is 1. The first-order valence-corrected chi connectivity index (χ1v) is 15.0. The smallest absolute Gasteiger partial charge is 0.244 e. The summed E-state index contributed by atoms with van der Waals surface area (Å²) in [4.78, 5) is 28.9. The van der Waals surface area contributed by atoms with E-state index in [-0.39, 0.29) is 24.6 Å². The third kappa shape index (κ3) is 8.54. The van der Waals surface area contributed by atoms with Crippen LogP contribution in [0.25, 0.3) is 0 Å². The monoisotopic (exact) mass is 569 g/mol. The predicted molar refractivity (Wildman–Crippen MR) is 154 cm³/mol. The lowest BCUT2D eigenvalue weighted by atomic mass is 10.0. The number of halogens is 1. The van der Waals surface area contributed by atoms with Gasteiger partial charge in [0.2, 0.25) is 21.8 Å². The summed E-state index contributed by atoms with van der Waals surface area (Å²) in [5.74, 6) is -1.07. The van der Waals surface area contributed by atoms with Crippen LogP contribution in [0.3, 0.4) is 0 Å². The number of hydrogen-bond donors (Lipinski definition) is 1. The zero-order valence-electron chi connectivity index (χ0n) is 23.0. The fourth-order valence-electron chi connectivity index (χ4n) is 4.24. The Kier molecular flexibility index (Phi) is 11.1. The van der Waals surface area contributed by atoms with Crippen molar-refractivity contribution in [3.8, 4) is 5.75 Å². The number of carbonyl (C=O) groups excluding carboxylic acids is 2. The summed E-state index contributed by atoms with van der Waals surface area (Å²) in [6, 6.07) is 20.5. The molecule has 1 N–H and O–H groups in total. The van der Waals surface area contributed by atoms with Gasteiger partial charge in [-0.05, 0) is 48.7 Å². The zero-order chi connectivity index (χ0) is 29.1. The molecule has 0 aromatic heterocycles. The molecule has 214 valence electrons. The number of nitrogens with zero attached hydrogens (tertiary/aromatic N) is 2. The highest BCUT2D eigenvalue weighted by molar-refractivity contribution is 7.92. The lowest BCUT2D eigenvalue weighted by molar-refractivity contribution is -0.140. The van der Waals surface area contributed by atoms with E-state index < -0.39 is 34.3 Å². The van der Waals surface area contributed by atoms with Gasteiger partial charge in [-0.15, -0.1) is 0 Å². The molecule has 0 saturated heterocycles. The van der Waals surface area contributed by atoms with Crippen molar-refractivity contribution in [1.82, 2.24) is 10.2 Å². The molecule has 2 amide bonds. The van der Waals surface area contributed by atoms with Crippen molar-refractivity contribution >= 4 is 27.5 Å². The Morgan fingerprint density at radius 3 is 2.20 bits per heavy atom. The summed E-state index contributed by atoms with van der Waals surface area (Å²) in [6.45, 7) is 3.83. The van der Waals surface area contributed by atoms with Crippen LogP contribution in [-0.4, -0.2) is 57.1 Å². The standard InChI is InChI=1S/C30H36FN3O5S/c1-4-19-32-30(36)27(20-23-11-7-6-8-12-23)33(21-24-15-17-25(31)18-16-24)29(35)22-34(40(3,37)38)26-13-9-10-14-28(26)39-5-2/h6-18,27H,4-5,19-22H2,1-3H3,(H,32,36)/t27-/m1/s1. The Bertz CT molecular complexity index is 1370. The first-order valence-electron chi connectivity index (χ1n) is 13.2. The molecular weight excluding hydrogens is 533 g/mol. The Hall–Kier alpha value is -3.92. The lowest BCUT2D eigenvalue weighted by Gasteiger charge is -2.33. The maximum absolute atomic E-state index is 14.0. The molecule has 0 bridgehead atoms. The number of sulfonamides is 1. The van der Waals surface area contributed by atoms with Crippen LogP contribution in [0.2, 0.25) is 0 Å². The minimum absolute atomic E-state index is 0.0269. The lowest BCUT2D eigenvalue weighted by Crippen LogP contribution is -2.53. The first-order chi connectivity index (χ1) is 19.1. The van der Waals surface area contributed by atoms with Crippen LogP contribution in [-0.2, 0) is 32.6 Å². The van der Waals surface area contributed by atoms with Crippen LogP contribution in [0.15, 0.2) is 78.9 Å². The Labute approximate surface area is 235 Å². The van der Waals surface area contributed by atoms with Crippen LogP contribution >= 0.6 is 0 Å². The SMILES string of the molecule is CCCNC(=O)[C@@H](Cc1ccccc1)N(Cc1ccc(F)cc1)C(=O)CN(c1ccccc1OCC)S(C)(=O)=O. The highest BCUT2D eigenvalue weighted by atomic mass is 32.2. The fraction of sp³-hybridized carbons (Fsp3) is 0.333. The highest BCUT2D eigenvalue weighted by Crippen LogP contribution is 2.30. The quantitative estimate of drug-likeness (QED) is 0.315. The van der Waals surface area contributed by atoms with Crippen LogP contribution < -0.4 is 14.4 Å². The fourth-order valence-corrected chi connectivity index (χ4v) is 5.10. The third-order valence-corrected chi connectivity index (χ3v) is 7.33. The van der Waals surface area contributed by atoms with E-state index in [1.807, 2.05) is 37.3 Å². The largest absolute Gasteiger partial charge is 0.492 e. The van der Waals surface area contributed by atoms with Crippen molar-refractivity contribution in [2.75, 3.05) is 30.3 Å². The van der Waals surface area contributed by atoms with E-state index in [0.29, 0.717) is 30.9 Å². The van der Waals surface area contributed by atoms with E-state index >= 15 is 0 Å². The van der Waals surface area contributed by atoms with Crippen LogP contribution in [0.1, 0.15) is 31.4 Å². The molecule has 10 heteroatoms. The number of carbonyl (C=O) groups is 2. The van der Waals surface area contributed by atoms with Crippen LogP contribution in [0.5, 0.6) is 5.75 Å². The van der Waals surface area contributed by atoms with Gasteiger partial charge >= 0.3 is 0 Å². The van der Waals surface area contributed by atoms with Crippen molar-refractivity contribution in [3.63, 3.8) is 0 Å². The molecule has 8 nitrogen and oxygen atoms in total. The normalized spacial score (nSPS) is 11.9. The van der Waals surface area contributed by atoms with Crippen molar-refractivity contribution in [3.05, 3.63) is 95.8 Å². The van der Waals surface area contributed by atoms with Crippen molar-refractivity contribution in [1.29, 1.82) is 0 Å². The van der Waals surface area contributed by atoms with Crippen LogP contribution in [0.4, 0.5) is 10.1 Å². The van der Waals surface area contributed by atoms with Crippen molar-refractivity contribution < 1.29 is 27.1 Å². The molecular formula is C30H36FN3O5S. The minimum Gasteiger partial charge on any atom is -0.492 e. The molecule has 0 fully saturated rings. The molecule has 3 aromatic carbocycles. The van der Waals surface area contributed by atoms with E-state index in [0.717, 1.165) is 16.1 Å². The topological polar surface area (TPSA) is 96.0 Å². The van der Waals surface area contributed by atoms with Gasteiger partial charge in [0.15, 0.2) is 0 Å². The summed E-state index contributed by atoms with van der Waals surface area (Å²) >= 11 is 0. The molecule has 0 aliphatic heterocycles. The summed E-state index contributed by atoms with van der Waals surface area (Å²) < 4.78 is 46.2. The van der Waals surface area contributed by atoms with E-state index in [2.05, 4.69) is 5.32 Å². The van der Waals surface area contributed by atoms with E-state index in [4.69, 9.17) is 4.74 Å². The van der Waals surface area contributed by atoms with Gasteiger partial charge in [-0.1, -0.05) is 61.5 Å². The average Bonchev–Trinajstić information content (AvgIpc) is 2.93. The highest BCUT2D eigenvalue weighted by Gasteiger charge is 2.33. The molecule has 3 aromatic rings. The van der Waals surface area contributed by atoms with Crippen LogP contribution in [0, 0.1) is 5.82 Å². The molecule has 0 spiro atoms. The zero-order valence-corrected chi connectivity index (χ0v) is 23.9. The number of amides is 2. The second kappa shape index (κ2) is 14.5. The molecule has 0 heterocycles. The summed E-state index contributed by atoms with van der Waals surface area (Å²) in [7, 11) is -3.93. The maximum Gasteiger partial charge on any atom is 0.244 e. The van der Waals surface area contributed by atoms with Gasteiger partial charge in [-0.25, -0.2) is 12.8 Å². The van der Waals surface area contributed by atoms with Gasteiger partial charge in [0.25, 0.3) is 0 Å². The number of hydrogen-bond acceptors (Lipinski definition) is 5. The molecule has 0 saturated carbocycles. The summed E-state index contributed by atoms with van der Waals surface area (Å²) in [5, 5.41) is 2.88. The second-order valence-electron chi connectivity index (χ2n) is 9.32. The van der Waals surface area contributed by atoms with Crippen molar-refractivity contribution in [2.24, 2.45) is 0 Å². The maximum atomic E-state index is 14.0. The molecule has 40 heavy (non-hydrogen) atoms. The Morgan fingerprint density at radius 2 is 1.57 bits per heavy atom. The van der Waals surface area contributed by atoms with E-state index in [9.17, 15) is 22.4 Å². The molecule has 0 aliphatic carbocycles. The summed E-state index contributed by atoms with van der Waals surface area (Å²) in [6.07, 6.45) is 1.92. The molecule has 3 rings (SSSR count). The van der Waals surface area contributed by atoms with Gasteiger partial charge in [0, 0.05) is 19.5 Å². The molecule has 1 atom stereocenters. The number of rotatable bonds is 14. The molecule has 0 radical (unpaired) electrons.